The number of alkyl halides is 3. The standard InChI is InChI=1S/C30H36F3N7O3/c1-7-19-16-40(27-25-24(38(6)28(42)37-27)12-9-18(14-34)36-25)20(8-2)15-39(19)26-21(13-29(4,5)43)23(35-17(3)41)11-10-22(26)30(31,32)33/h9-12,19-20,43H,7-8,13,15-16H2,1-6H3,(H,35,41)/t19-,20+/m1/s1. The van der Waals surface area contributed by atoms with Gasteiger partial charge in [-0.2, -0.15) is 23.4 Å². The number of nitrogens with zero attached hydrogens (tertiary/aromatic N) is 6. The topological polar surface area (TPSA) is 127 Å². The average Bonchev–Trinajstić information content (AvgIpc) is 2.93. The lowest BCUT2D eigenvalue weighted by Gasteiger charge is -2.49. The van der Waals surface area contributed by atoms with Crippen LogP contribution in [0.4, 0.5) is 30.4 Å². The van der Waals surface area contributed by atoms with Crippen molar-refractivity contribution in [3.8, 4) is 6.07 Å². The first-order valence-electron chi connectivity index (χ1n) is 14.1. The first kappa shape index (κ1) is 31.7. The molecule has 4 rings (SSSR count). The van der Waals surface area contributed by atoms with E-state index in [4.69, 9.17) is 0 Å². The minimum atomic E-state index is -4.71. The van der Waals surface area contributed by atoms with Crippen molar-refractivity contribution in [3.63, 3.8) is 0 Å². The molecule has 2 aromatic heterocycles. The number of fused-ring (bicyclic) bond motifs is 1. The Kier molecular flexibility index (Phi) is 8.74. The van der Waals surface area contributed by atoms with Gasteiger partial charge in [-0.05, 0) is 51.0 Å². The van der Waals surface area contributed by atoms with Gasteiger partial charge < -0.3 is 20.2 Å². The summed E-state index contributed by atoms with van der Waals surface area (Å²) in [6.07, 6.45) is -3.92. The average molecular weight is 600 g/mol. The van der Waals surface area contributed by atoms with Crippen LogP contribution in [0.25, 0.3) is 11.0 Å². The number of nitriles is 1. The van der Waals surface area contributed by atoms with E-state index in [0.717, 1.165) is 6.07 Å². The third kappa shape index (κ3) is 6.44. The fraction of sp³-hybridized carbons (Fsp3) is 0.500. The zero-order valence-electron chi connectivity index (χ0n) is 25.1. The highest BCUT2D eigenvalue weighted by Crippen LogP contribution is 2.45. The normalized spacial score (nSPS) is 17.7. The van der Waals surface area contributed by atoms with Crippen molar-refractivity contribution in [2.45, 2.75) is 77.7 Å². The molecule has 230 valence electrons. The first-order valence-corrected chi connectivity index (χ1v) is 14.1. The van der Waals surface area contributed by atoms with E-state index in [0.29, 0.717) is 23.9 Å². The molecule has 1 aromatic carbocycles. The highest BCUT2D eigenvalue weighted by molar-refractivity contribution is 5.91. The van der Waals surface area contributed by atoms with Crippen LogP contribution in [0, 0.1) is 11.3 Å². The number of anilines is 3. The summed E-state index contributed by atoms with van der Waals surface area (Å²) in [5.74, 6) is -0.168. The summed E-state index contributed by atoms with van der Waals surface area (Å²) in [7, 11) is 1.56. The summed E-state index contributed by atoms with van der Waals surface area (Å²) in [5, 5.41) is 22.9. The number of carbonyl (C=O) groups is 1. The molecule has 0 spiro atoms. The minimum Gasteiger partial charge on any atom is -0.390 e. The van der Waals surface area contributed by atoms with Crippen molar-refractivity contribution < 1.29 is 23.1 Å². The Morgan fingerprint density at radius 1 is 1.09 bits per heavy atom. The van der Waals surface area contributed by atoms with Gasteiger partial charge in [0.15, 0.2) is 5.82 Å². The minimum absolute atomic E-state index is 0.0856. The Morgan fingerprint density at radius 3 is 2.28 bits per heavy atom. The number of hydrogen-bond donors (Lipinski definition) is 2. The number of pyridine rings is 1. The summed E-state index contributed by atoms with van der Waals surface area (Å²) in [6.45, 7) is 8.41. The fourth-order valence-electron chi connectivity index (χ4n) is 5.76. The number of rotatable bonds is 7. The molecule has 2 atom stereocenters. The van der Waals surface area contributed by atoms with Crippen molar-refractivity contribution in [2.24, 2.45) is 7.05 Å². The summed E-state index contributed by atoms with van der Waals surface area (Å²) in [4.78, 5) is 37.3. The van der Waals surface area contributed by atoms with E-state index in [1.165, 1.54) is 37.5 Å². The Balaban J connectivity index is 1.93. The molecule has 10 nitrogen and oxygen atoms in total. The zero-order chi connectivity index (χ0) is 31.9. The van der Waals surface area contributed by atoms with Crippen LogP contribution in [-0.2, 0) is 24.4 Å². The largest absolute Gasteiger partial charge is 0.418 e. The highest BCUT2D eigenvalue weighted by atomic mass is 19.4. The lowest BCUT2D eigenvalue weighted by molar-refractivity contribution is -0.137. The second-order valence-corrected chi connectivity index (χ2v) is 11.5. The van der Waals surface area contributed by atoms with Gasteiger partial charge in [-0.25, -0.2) is 9.78 Å². The van der Waals surface area contributed by atoms with Gasteiger partial charge in [-0.15, -0.1) is 0 Å². The molecule has 3 heterocycles. The molecule has 0 aliphatic carbocycles. The number of amides is 1. The molecule has 1 saturated heterocycles. The molecule has 3 aromatic rings. The molecule has 0 unspecified atom stereocenters. The quantitative estimate of drug-likeness (QED) is 0.410. The molecule has 0 radical (unpaired) electrons. The predicted molar refractivity (Wildman–Crippen MR) is 158 cm³/mol. The van der Waals surface area contributed by atoms with Gasteiger partial charge in [-0.1, -0.05) is 13.8 Å². The summed E-state index contributed by atoms with van der Waals surface area (Å²) in [6, 6.07) is 6.50. The number of benzene rings is 1. The Labute approximate surface area is 247 Å². The maximum absolute atomic E-state index is 14.6. The molecule has 13 heteroatoms. The van der Waals surface area contributed by atoms with Gasteiger partial charge in [0, 0.05) is 56.8 Å². The number of hydrogen-bond acceptors (Lipinski definition) is 8. The van der Waals surface area contributed by atoms with Gasteiger partial charge in [-0.3, -0.25) is 9.36 Å². The van der Waals surface area contributed by atoms with E-state index in [2.05, 4.69) is 15.3 Å². The maximum atomic E-state index is 14.6. The second kappa shape index (κ2) is 11.8. The lowest BCUT2D eigenvalue weighted by atomic mass is 9.90. The summed E-state index contributed by atoms with van der Waals surface area (Å²) in [5.41, 5.74) is -1.46. The van der Waals surface area contributed by atoms with Crippen molar-refractivity contribution >= 4 is 34.1 Å². The molecular formula is C30H36F3N7O3. The van der Waals surface area contributed by atoms with Crippen molar-refractivity contribution in [3.05, 3.63) is 51.6 Å². The van der Waals surface area contributed by atoms with Gasteiger partial charge >= 0.3 is 11.9 Å². The first-order chi connectivity index (χ1) is 20.1. The number of aliphatic hydroxyl groups is 1. The third-order valence-electron chi connectivity index (χ3n) is 7.76. The van der Waals surface area contributed by atoms with E-state index in [1.54, 1.807) is 18.0 Å². The van der Waals surface area contributed by atoms with Gasteiger partial charge in [0.25, 0.3) is 0 Å². The molecule has 1 aliphatic rings. The van der Waals surface area contributed by atoms with E-state index in [-0.39, 0.29) is 48.0 Å². The number of aryl methyl sites for hydroxylation is 1. The fourth-order valence-corrected chi connectivity index (χ4v) is 5.76. The molecule has 0 saturated carbocycles. The van der Waals surface area contributed by atoms with Crippen LogP contribution in [0.3, 0.4) is 0 Å². The van der Waals surface area contributed by atoms with E-state index >= 15 is 0 Å². The van der Waals surface area contributed by atoms with Gasteiger partial charge in [0.05, 0.1) is 22.4 Å². The molecular weight excluding hydrogens is 563 g/mol. The van der Waals surface area contributed by atoms with Crippen LogP contribution in [0.2, 0.25) is 0 Å². The molecule has 1 amide bonds. The van der Waals surface area contributed by atoms with Crippen LogP contribution >= 0.6 is 0 Å². The predicted octanol–water partition coefficient (Wildman–Crippen LogP) is 4.37. The van der Waals surface area contributed by atoms with Crippen molar-refractivity contribution in [1.82, 2.24) is 14.5 Å². The SMILES string of the molecule is CC[C@@H]1CN(c2nc(=O)n(C)c3ccc(C#N)nc23)[C@@H](CC)CN1c1c(C(F)(F)F)ccc(NC(C)=O)c1CC(C)(C)O. The molecule has 1 fully saturated rings. The Morgan fingerprint density at radius 2 is 1.72 bits per heavy atom. The lowest BCUT2D eigenvalue weighted by Crippen LogP contribution is -2.59. The summed E-state index contributed by atoms with van der Waals surface area (Å²) >= 11 is 0. The van der Waals surface area contributed by atoms with Gasteiger partial charge in [0.1, 0.15) is 17.3 Å². The number of piperazine rings is 1. The van der Waals surface area contributed by atoms with Crippen LogP contribution in [0.1, 0.15) is 64.3 Å². The molecule has 1 aliphatic heterocycles. The van der Waals surface area contributed by atoms with Crippen molar-refractivity contribution in [2.75, 3.05) is 28.2 Å². The van der Waals surface area contributed by atoms with Crippen LogP contribution in [-0.4, -0.2) is 56.3 Å². The summed E-state index contributed by atoms with van der Waals surface area (Å²) < 4.78 is 45.2. The number of nitrogens with one attached hydrogen (secondary N) is 1. The van der Waals surface area contributed by atoms with Crippen LogP contribution in [0.15, 0.2) is 29.1 Å². The molecule has 2 N–H and O–H groups in total. The smallest absolute Gasteiger partial charge is 0.390 e. The van der Waals surface area contributed by atoms with E-state index in [9.17, 15) is 33.1 Å². The number of halogens is 3. The third-order valence-corrected chi connectivity index (χ3v) is 7.76. The molecule has 0 bridgehead atoms. The maximum Gasteiger partial charge on any atom is 0.418 e. The number of aromatic nitrogens is 3. The highest BCUT2D eigenvalue weighted by Gasteiger charge is 2.42. The van der Waals surface area contributed by atoms with Crippen LogP contribution < -0.4 is 20.8 Å². The van der Waals surface area contributed by atoms with Crippen molar-refractivity contribution in [1.29, 1.82) is 5.26 Å². The van der Waals surface area contributed by atoms with E-state index < -0.39 is 41.0 Å². The number of carbonyl (C=O) groups excluding carboxylic acids is 1. The van der Waals surface area contributed by atoms with Gasteiger partial charge in [0.2, 0.25) is 5.91 Å². The van der Waals surface area contributed by atoms with Crippen LogP contribution in [0.5, 0.6) is 0 Å². The Bertz CT molecular complexity index is 1640. The monoisotopic (exact) mass is 599 g/mol. The molecule has 43 heavy (non-hydrogen) atoms. The Hall–Kier alpha value is -4.18. The van der Waals surface area contributed by atoms with E-state index in [1.807, 2.05) is 24.8 Å². The second-order valence-electron chi connectivity index (χ2n) is 11.5. The zero-order valence-corrected chi connectivity index (χ0v) is 25.1.